The van der Waals surface area contributed by atoms with E-state index in [1.807, 2.05) is 24.4 Å². The van der Waals surface area contributed by atoms with Gasteiger partial charge >= 0.3 is 0 Å². The fourth-order valence-corrected chi connectivity index (χ4v) is 1.30. The van der Waals surface area contributed by atoms with Gasteiger partial charge < -0.3 is 0 Å². The summed E-state index contributed by atoms with van der Waals surface area (Å²) < 4.78 is 0. The lowest BCUT2D eigenvalue weighted by molar-refractivity contribution is 0.105. The lowest BCUT2D eigenvalue weighted by Crippen LogP contribution is -1.87. The number of thiophene rings is 1. The van der Waals surface area contributed by atoms with Crippen molar-refractivity contribution in [3.63, 3.8) is 0 Å². The molecule has 0 amide bonds. The zero-order chi connectivity index (χ0) is 7.40. The standard InChI is InChI=1S/C8H8OS/c1-2-4-7(9)8-5-3-6-10-8/h2-6H,1H3/b4-2-. The molecule has 2 heteroatoms. The number of rotatable bonds is 2. The lowest BCUT2D eigenvalue weighted by atomic mass is 10.3. The number of allylic oxidation sites excluding steroid dienone is 2. The molecule has 10 heavy (non-hydrogen) atoms. The molecule has 52 valence electrons. The van der Waals surface area contributed by atoms with Crippen molar-refractivity contribution >= 4 is 17.1 Å². The molecule has 0 aliphatic heterocycles. The summed E-state index contributed by atoms with van der Waals surface area (Å²) >= 11 is 1.47. The molecule has 0 aliphatic carbocycles. The van der Waals surface area contributed by atoms with E-state index in [0.717, 1.165) is 4.88 Å². The Kier molecular flexibility index (Phi) is 2.40. The molecule has 1 nitrogen and oxygen atoms in total. The van der Waals surface area contributed by atoms with Crippen LogP contribution in [0.4, 0.5) is 0 Å². The number of carbonyl (C=O) groups excluding carboxylic acids is 1. The van der Waals surface area contributed by atoms with E-state index in [9.17, 15) is 4.79 Å². The second kappa shape index (κ2) is 3.32. The quantitative estimate of drug-likeness (QED) is 0.470. The van der Waals surface area contributed by atoms with Crippen LogP contribution in [0.5, 0.6) is 0 Å². The molecule has 0 radical (unpaired) electrons. The van der Waals surface area contributed by atoms with Crippen molar-refractivity contribution in [3.8, 4) is 0 Å². The summed E-state index contributed by atoms with van der Waals surface area (Å²) in [5, 5.41) is 1.90. The molecular weight excluding hydrogens is 144 g/mol. The molecule has 0 aliphatic rings. The SMILES string of the molecule is C/C=C\C(=O)c1cccs1. The minimum atomic E-state index is 0.0949. The van der Waals surface area contributed by atoms with Gasteiger partial charge in [-0.25, -0.2) is 0 Å². The molecule has 0 saturated carbocycles. The van der Waals surface area contributed by atoms with Crippen LogP contribution in [0, 0.1) is 0 Å². The monoisotopic (exact) mass is 152 g/mol. The predicted molar refractivity (Wildman–Crippen MR) is 43.5 cm³/mol. The number of hydrogen-bond acceptors (Lipinski definition) is 2. The Labute approximate surface area is 64.0 Å². The third-order valence-electron chi connectivity index (χ3n) is 1.08. The van der Waals surface area contributed by atoms with Crippen molar-refractivity contribution in [2.75, 3.05) is 0 Å². The average molecular weight is 152 g/mol. The Morgan fingerprint density at radius 1 is 1.70 bits per heavy atom. The molecule has 1 rings (SSSR count). The molecule has 0 bridgehead atoms. The van der Waals surface area contributed by atoms with Crippen molar-refractivity contribution in [3.05, 3.63) is 34.5 Å². The highest BCUT2D eigenvalue weighted by molar-refractivity contribution is 7.12. The van der Waals surface area contributed by atoms with Gasteiger partial charge in [0.05, 0.1) is 4.88 Å². The van der Waals surface area contributed by atoms with Gasteiger partial charge in [0.25, 0.3) is 0 Å². The van der Waals surface area contributed by atoms with Crippen LogP contribution in [0.25, 0.3) is 0 Å². The summed E-state index contributed by atoms with van der Waals surface area (Å²) in [6.07, 6.45) is 3.33. The molecule has 0 unspecified atom stereocenters. The van der Waals surface area contributed by atoms with Gasteiger partial charge in [0.15, 0.2) is 5.78 Å². The van der Waals surface area contributed by atoms with Crippen molar-refractivity contribution < 1.29 is 4.79 Å². The Morgan fingerprint density at radius 2 is 2.50 bits per heavy atom. The average Bonchev–Trinajstić information content (AvgIpc) is 2.38. The molecule has 0 spiro atoms. The molecule has 1 heterocycles. The third-order valence-corrected chi connectivity index (χ3v) is 1.97. The first-order valence-corrected chi connectivity index (χ1v) is 3.93. The highest BCUT2D eigenvalue weighted by Gasteiger charge is 1.99. The van der Waals surface area contributed by atoms with Gasteiger partial charge in [-0.1, -0.05) is 12.1 Å². The van der Waals surface area contributed by atoms with Crippen LogP contribution < -0.4 is 0 Å². The minimum absolute atomic E-state index is 0.0949. The second-order valence-corrected chi connectivity index (χ2v) is 2.79. The summed E-state index contributed by atoms with van der Waals surface area (Å²) in [5.74, 6) is 0.0949. The van der Waals surface area contributed by atoms with E-state index in [1.165, 1.54) is 11.3 Å². The van der Waals surface area contributed by atoms with Gasteiger partial charge in [0, 0.05) is 0 Å². The number of carbonyl (C=O) groups is 1. The number of hydrogen-bond donors (Lipinski definition) is 0. The topological polar surface area (TPSA) is 17.1 Å². The van der Waals surface area contributed by atoms with E-state index < -0.39 is 0 Å². The Bertz CT molecular complexity index is 234. The van der Waals surface area contributed by atoms with Crippen LogP contribution in [0.1, 0.15) is 16.6 Å². The number of ketones is 1. The van der Waals surface area contributed by atoms with Gasteiger partial charge in [0.1, 0.15) is 0 Å². The van der Waals surface area contributed by atoms with Gasteiger partial charge in [-0.05, 0) is 24.4 Å². The zero-order valence-corrected chi connectivity index (χ0v) is 6.52. The molecule has 1 aromatic rings. The molecule has 0 N–H and O–H groups in total. The van der Waals surface area contributed by atoms with Crippen LogP contribution in [-0.2, 0) is 0 Å². The zero-order valence-electron chi connectivity index (χ0n) is 5.70. The molecule has 0 aromatic carbocycles. The maximum atomic E-state index is 11.0. The van der Waals surface area contributed by atoms with Crippen molar-refractivity contribution in [2.45, 2.75) is 6.92 Å². The van der Waals surface area contributed by atoms with Gasteiger partial charge in [-0.2, -0.15) is 0 Å². The lowest BCUT2D eigenvalue weighted by Gasteiger charge is -1.83. The Morgan fingerprint density at radius 3 is 3.00 bits per heavy atom. The van der Waals surface area contributed by atoms with E-state index >= 15 is 0 Å². The minimum Gasteiger partial charge on any atom is -0.288 e. The van der Waals surface area contributed by atoms with E-state index in [-0.39, 0.29) is 5.78 Å². The molecular formula is C8H8OS. The van der Waals surface area contributed by atoms with E-state index in [2.05, 4.69) is 0 Å². The van der Waals surface area contributed by atoms with Crippen LogP contribution >= 0.6 is 11.3 Å². The van der Waals surface area contributed by atoms with Crippen molar-refractivity contribution in [1.82, 2.24) is 0 Å². The summed E-state index contributed by atoms with van der Waals surface area (Å²) in [6, 6.07) is 3.70. The fourth-order valence-electron chi connectivity index (χ4n) is 0.652. The molecule has 0 atom stereocenters. The van der Waals surface area contributed by atoms with E-state index in [0.29, 0.717) is 0 Å². The Hall–Kier alpha value is -0.890. The largest absolute Gasteiger partial charge is 0.288 e. The highest BCUT2D eigenvalue weighted by atomic mass is 32.1. The first-order valence-electron chi connectivity index (χ1n) is 3.05. The molecule has 0 saturated heterocycles. The third kappa shape index (κ3) is 1.54. The van der Waals surface area contributed by atoms with E-state index in [4.69, 9.17) is 0 Å². The maximum Gasteiger partial charge on any atom is 0.195 e. The summed E-state index contributed by atoms with van der Waals surface area (Å²) in [7, 11) is 0. The fraction of sp³-hybridized carbons (Fsp3) is 0.125. The van der Waals surface area contributed by atoms with Crippen LogP contribution in [-0.4, -0.2) is 5.78 Å². The first kappa shape index (κ1) is 7.22. The smallest absolute Gasteiger partial charge is 0.195 e. The predicted octanol–water partition coefficient (Wildman–Crippen LogP) is 2.51. The van der Waals surface area contributed by atoms with Crippen molar-refractivity contribution in [1.29, 1.82) is 0 Å². The summed E-state index contributed by atoms with van der Waals surface area (Å²) in [6.45, 7) is 1.84. The van der Waals surface area contributed by atoms with Crippen LogP contribution in [0.15, 0.2) is 29.7 Å². The molecule has 0 fully saturated rings. The summed E-state index contributed by atoms with van der Waals surface area (Å²) in [5.41, 5.74) is 0. The summed E-state index contributed by atoms with van der Waals surface area (Å²) in [4.78, 5) is 11.8. The maximum absolute atomic E-state index is 11.0. The van der Waals surface area contributed by atoms with Gasteiger partial charge in [0.2, 0.25) is 0 Å². The highest BCUT2D eigenvalue weighted by Crippen LogP contribution is 2.09. The van der Waals surface area contributed by atoms with Gasteiger partial charge in [-0.3, -0.25) is 4.79 Å². The van der Waals surface area contributed by atoms with Crippen LogP contribution in [0.3, 0.4) is 0 Å². The normalized spacial score (nSPS) is 10.5. The second-order valence-electron chi connectivity index (χ2n) is 1.84. The molecule has 1 aromatic heterocycles. The first-order chi connectivity index (χ1) is 4.84. The van der Waals surface area contributed by atoms with Crippen LogP contribution in [0.2, 0.25) is 0 Å². The van der Waals surface area contributed by atoms with Crippen molar-refractivity contribution in [2.24, 2.45) is 0 Å². The van der Waals surface area contributed by atoms with E-state index in [1.54, 1.807) is 12.2 Å². The van der Waals surface area contributed by atoms with Gasteiger partial charge in [-0.15, -0.1) is 11.3 Å². The Balaban J connectivity index is 2.78.